The normalized spacial score (nSPS) is 13.9. The lowest BCUT2D eigenvalue weighted by atomic mass is 10.1. The van der Waals surface area contributed by atoms with E-state index in [0.717, 1.165) is 5.82 Å². The summed E-state index contributed by atoms with van der Waals surface area (Å²) in [5, 5.41) is 17.8. The Labute approximate surface area is 115 Å². The van der Waals surface area contributed by atoms with Crippen LogP contribution < -0.4 is 4.74 Å². The summed E-state index contributed by atoms with van der Waals surface area (Å²) in [6.07, 6.45) is 1.65. The predicted octanol–water partition coefficient (Wildman–Crippen LogP) is 0.648. The molecule has 1 amide bonds. The Morgan fingerprint density at radius 2 is 2.25 bits per heavy atom. The fourth-order valence-electron chi connectivity index (χ4n) is 2.27. The Morgan fingerprint density at radius 3 is 3.05 bits per heavy atom. The monoisotopic (exact) mass is 274 g/mol. The third-order valence-electron chi connectivity index (χ3n) is 3.38. The lowest BCUT2D eigenvalue weighted by Gasteiger charge is -2.27. The molecule has 0 saturated carbocycles. The van der Waals surface area contributed by atoms with Crippen molar-refractivity contribution in [2.75, 3.05) is 13.7 Å². The second kappa shape index (κ2) is 4.84. The van der Waals surface area contributed by atoms with Gasteiger partial charge in [-0.3, -0.25) is 4.79 Å². The van der Waals surface area contributed by atoms with Gasteiger partial charge < -0.3 is 19.3 Å². The van der Waals surface area contributed by atoms with Gasteiger partial charge in [-0.1, -0.05) is 6.07 Å². The summed E-state index contributed by atoms with van der Waals surface area (Å²) >= 11 is 0. The second-order valence-electron chi connectivity index (χ2n) is 4.52. The van der Waals surface area contributed by atoms with Crippen molar-refractivity contribution in [3.63, 3.8) is 0 Å². The molecule has 0 fully saturated rings. The van der Waals surface area contributed by atoms with E-state index >= 15 is 0 Å². The van der Waals surface area contributed by atoms with E-state index < -0.39 is 0 Å². The highest BCUT2D eigenvalue weighted by Crippen LogP contribution is 2.30. The molecule has 104 valence electrons. The SMILES string of the molecule is COc1cccc(C(=O)N2CCn3cnnc3C2)c1O. The van der Waals surface area contributed by atoms with Crippen molar-refractivity contribution in [3.05, 3.63) is 35.9 Å². The fraction of sp³-hybridized carbons (Fsp3) is 0.308. The van der Waals surface area contributed by atoms with Gasteiger partial charge in [0.25, 0.3) is 5.91 Å². The first-order valence-electron chi connectivity index (χ1n) is 6.22. The van der Waals surface area contributed by atoms with Crippen LogP contribution in [0.2, 0.25) is 0 Å². The van der Waals surface area contributed by atoms with Gasteiger partial charge in [0.15, 0.2) is 17.3 Å². The molecule has 2 heterocycles. The van der Waals surface area contributed by atoms with Crippen molar-refractivity contribution in [1.82, 2.24) is 19.7 Å². The number of phenolic OH excluding ortho intramolecular Hbond substituents is 1. The van der Waals surface area contributed by atoms with Crippen molar-refractivity contribution in [3.8, 4) is 11.5 Å². The minimum atomic E-state index is -0.240. The number of methoxy groups -OCH3 is 1. The number of para-hydroxylation sites is 1. The maximum atomic E-state index is 12.5. The number of hydrogen-bond acceptors (Lipinski definition) is 5. The standard InChI is InChI=1S/C13H14N4O3/c1-20-10-4-2-3-9(12(10)18)13(19)16-5-6-17-8-14-15-11(17)7-16/h2-4,8,18H,5-7H2,1H3. The summed E-state index contributed by atoms with van der Waals surface area (Å²) in [5.41, 5.74) is 0.234. The van der Waals surface area contributed by atoms with Gasteiger partial charge in [-0.15, -0.1) is 10.2 Å². The smallest absolute Gasteiger partial charge is 0.258 e. The first kappa shape index (κ1) is 12.5. The van der Waals surface area contributed by atoms with Crippen LogP contribution in [0.5, 0.6) is 11.5 Å². The van der Waals surface area contributed by atoms with E-state index in [0.29, 0.717) is 19.6 Å². The minimum absolute atomic E-state index is 0.132. The van der Waals surface area contributed by atoms with Gasteiger partial charge in [0.2, 0.25) is 0 Å². The molecule has 1 N–H and O–H groups in total. The fourth-order valence-corrected chi connectivity index (χ4v) is 2.27. The Kier molecular flexibility index (Phi) is 3.02. The van der Waals surface area contributed by atoms with Crippen LogP contribution in [-0.4, -0.2) is 44.3 Å². The van der Waals surface area contributed by atoms with Crippen LogP contribution in [0.3, 0.4) is 0 Å². The Balaban J connectivity index is 1.87. The second-order valence-corrected chi connectivity index (χ2v) is 4.52. The van der Waals surface area contributed by atoms with Crippen LogP contribution in [0.25, 0.3) is 0 Å². The first-order chi connectivity index (χ1) is 9.70. The van der Waals surface area contributed by atoms with E-state index in [1.54, 1.807) is 29.4 Å². The summed E-state index contributed by atoms with van der Waals surface area (Å²) in [7, 11) is 1.45. The molecule has 0 atom stereocenters. The molecule has 2 aromatic rings. The lowest BCUT2D eigenvalue weighted by molar-refractivity contribution is 0.0703. The molecule has 3 rings (SSSR count). The van der Waals surface area contributed by atoms with Gasteiger partial charge in [0.05, 0.1) is 19.2 Å². The number of ether oxygens (including phenoxy) is 1. The maximum Gasteiger partial charge on any atom is 0.258 e. The van der Waals surface area contributed by atoms with Crippen molar-refractivity contribution in [2.45, 2.75) is 13.1 Å². The highest BCUT2D eigenvalue weighted by atomic mass is 16.5. The Morgan fingerprint density at radius 1 is 1.40 bits per heavy atom. The summed E-state index contributed by atoms with van der Waals surface area (Å²) in [5.74, 6) is 0.658. The molecule has 0 radical (unpaired) electrons. The summed E-state index contributed by atoms with van der Waals surface area (Å²) in [4.78, 5) is 14.1. The summed E-state index contributed by atoms with van der Waals surface area (Å²) in [6, 6.07) is 4.87. The molecule has 0 aliphatic carbocycles. The van der Waals surface area contributed by atoms with Gasteiger partial charge >= 0.3 is 0 Å². The number of phenols is 1. The first-order valence-corrected chi connectivity index (χ1v) is 6.22. The Bertz CT molecular complexity index is 653. The van der Waals surface area contributed by atoms with E-state index in [2.05, 4.69) is 10.2 Å². The number of nitrogens with zero attached hydrogens (tertiary/aromatic N) is 4. The molecule has 1 aromatic heterocycles. The van der Waals surface area contributed by atoms with Crippen LogP contribution >= 0.6 is 0 Å². The topological polar surface area (TPSA) is 80.5 Å². The molecule has 0 bridgehead atoms. The van der Waals surface area contributed by atoms with Crippen LogP contribution in [-0.2, 0) is 13.1 Å². The van der Waals surface area contributed by atoms with E-state index in [1.165, 1.54) is 7.11 Å². The number of fused-ring (bicyclic) bond motifs is 1. The predicted molar refractivity (Wildman–Crippen MR) is 69.4 cm³/mol. The number of aromatic nitrogens is 3. The molecular weight excluding hydrogens is 260 g/mol. The zero-order chi connectivity index (χ0) is 14.1. The molecule has 0 saturated heterocycles. The van der Waals surface area contributed by atoms with Gasteiger partial charge in [0, 0.05) is 13.1 Å². The van der Waals surface area contributed by atoms with Gasteiger partial charge in [-0.2, -0.15) is 0 Å². The van der Waals surface area contributed by atoms with Gasteiger partial charge in [0.1, 0.15) is 6.33 Å². The van der Waals surface area contributed by atoms with Crippen molar-refractivity contribution >= 4 is 5.91 Å². The van der Waals surface area contributed by atoms with Gasteiger partial charge in [-0.05, 0) is 12.1 Å². The zero-order valence-corrected chi connectivity index (χ0v) is 11.0. The lowest BCUT2D eigenvalue weighted by Crippen LogP contribution is -2.38. The molecule has 0 unspecified atom stereocenters. The average Bonchev–Trinajstić information content (AvgIpc) is 2.94. The van der Waals surface area contributed by atoms with Gasteiger partial charge in [-0.25, -0.2) is 0 Å². The molecule has 1 aliphatic heterocycles. The van der Waals surface area contributed by atoms with Crippen LogP contribution in [0, 0.1) is 0 Å². The maximum absolute atomic E-state index is 12.5. The highest BCUT2D eigenvalue weighted by Gasteiger charge is 2.25. The number of carbonyl (C=O) groups excluding carboxylic acids is 1. The third kappa shape index (κ3) is 1.97. The Hall–Kier alpha value is -2.57. The number of amides is 1. The molecular formula is C13H14N4O3. The zero-order valence-electron chi connectivity index (χ0n) is 11.0. The number of benzene rings is 1. The van der Waals surface area contributed by atoms with E-state index in [4.69, 9.17) is 4.74 Å². The number of hydrogen-bond donors (Lipinski definition) is 1. The average molecular weight is 274 g/mol. The molecule has 20 heavy (non-hydrogen) atoms. The number of rotatable bonds is 2. The molecule has 7 nitrogen and oxygen atoms in total. The molecule has 1 aromatic carbocycles. The quantitative estimate of drug-likeness (QED) is 0.869. The third-order valence-corrected chi connectivity index (χ3v) is 3.38. The summed E-state index contributed by atoms with van der Waals surface area (Å²) < 4.78 is 6.93. The van der Waals surface area contributed by atoms with E-state index in [9.17, 15) is 9.90 Å². The number of aromatic hydroxyl groups is 1. The highest BCUT2D eigenvalue weighted by molar-refractivity contribution is 5.97. The van der Waals surface area contributed by atoms with Crippen molar-refractivity contribution in [1.29, 1.82) is 0 Å². The largest absolute Gasteiger partial charge is 0.504 e. The minimum Gasteiger partial charge on any atom is -0.504 e. The van der Waals surface area contributed by atoms with E-state index in [1.807, 2.05) is 4.57 Å². The van der Waals surface area contributed by atoms with Crippen LogP contribution in [0.15, 0.2) is 24.5 Å². The van der Waals surface area contributed by atoms with Crippen molar-refractivity contribution in [2.24, 2.45) is 0 Å². The van der Waals surface area contributed by atoms with Crippen molar-refractivity contribution < 1.29 is 14.6 Å². The van der Waals surface area contributed by atoms with Crippen LogP contribution in [0.1, 0.15) is 16.2 Å². The molecule has 0 spiro atoms. The van der Waals surface area contributed by atoms with Crippen LogP contribution in [0.4, 0.5) is 0 Å². The molecule has 1 aliphatic rings. The summed E-state index contributed by atoms with van der Waals surface area (Å²) in [6.45, 7) is 1.59. The molecule has 7 heteroatoms. The van der Waals surface area contributed by atoms with E-state index in [-0.39, 0.29) is 23.0 Å². The number of carbonyl (C=O) groups is 1.